The lowest BCUT2D eigenvalue weighted by Crippen LogP contribution is -2.35. The van der Waals surface area contributed by atoms with Crippen LogP contribution in [0.15, 0.2) is 91.0 Å². The van der Waals surface area contributed by atoms with Crippen LogP contribution in [0.2, 0.25) is 0 Å². The summed E-state index contributed by atoms with van der Waals surface area (Å²) in [5.74, 6) is -1.96. The Kier molecular flexibility index (Phi) is 5.64. The van der Waals surface area contributed by atoms with Crippen molar-refractivity contribution in [1.82, 2.24) is 5.43 Å². The third-order valence-corrected chi connectivity index (χ3v) is 5.83. The first-order valence-corrected chi connectivity index (χ1v) is 10.8. The van der Waals surface area contributed by atoms with Crippen LogP contribution in [0.5, 0.6) is 5.75 Å². The first kappa shape index (κ1) is 22.1. The zero-order valence-electron chi connectivity index (χ0n) is 18.3. The third-order valence-electron chi connectivity index (χ3n) is 5.83. The molecular formula is C27H20FN3O4. The Bertz CT molecular complexity index is 1440. The number of carbonyl (C=O) groups excluding carboxylic acids is 1. The van der Waals surface area contributed by atoms with Gasteiger partial charge in [0.05, 0.1) is 16.9 Å². The van der Waals surface area contributed by atoms with Crippen molar-refractivity contribution in [1.29, 1.82) is 0 Å². The zero-order valence-corrected chi connectivity index (χ0v) is 18.3. The number of carboxylic acid groups (broad SMARTS) is 1. The number of aromatic carboxylic acids is 1. The number of carboxylic acids is 1. The van der Waals surface area contributed by atoms with Crippen molar-refractivity contribution in [3.8, 4) is 16.9 Å². The van der Waals surface area contributed by atoms with Crippen LogP contribution in [0.1, 0.15) is 22.0 Å². The van der Waals surface area contributed by atoms with E-state index in [0.29, 0.717) is 28.1 Å². The number of rotatable bonds is 6. The molecule has 1 amide bonds. The van der Waals surface area contributed by atoms with Gasteiger partial charge in [0.25, 0.3) is 5.91 Å². The van der Waals surface area contributed by atoms with Crippen LogP contribution in [-0.4, -0.2) is 22.1 Å². The fourth-order valence-corrected chi connectivity index (χ4v) is 4.17. The highest BCUT2D eigenvalue weighted by Crippen LogP contribution is 2.42. The highest BCUT2D eigenvalue weighted by atomic mass is 19.1. The van der Waals surface area contributed by atoms with Crippen LogP contribution >= 0.6 is 0 Å². The van der Waals surface area contributed by atoms with E-state index in [2.05, 4.69) is 10.9 Å². The molecule has 35 heavy (non-hydrogen) atoms. The molecule has 0 bridgehead atoms. The van der Waals surface area contributed by atoms with E-state index < -0.39 is 17.8 Å². The van der Waals surface area contributed by atoms with Gasteiger partial charge in [-0.2, -0.15) is 0 Å². The number of fused-ring (bicyclic) bond motifs is 1. The number of phenols is 1. The van der Waals surface area contributed by atoms with Crippen molar-refractivity contribution in [2.75, 3.05) is 10.3 Å². The molecule has 4 N–H and O–H groups in total. The zero-order chi connectivity index (χ0) is 24.5. The smallest absolute Gasteiger partial charge is 0.335 e. The van der Waals surface area contributed by atoms with Crippen LogP contribution in [0.4, 0.5) is 21.5 Å². The molecule has 0 radical (unpaired) electrons. The van der Waals surface area contributed by atoms with Gasteiger partial charge in [-0.25, -0.2) is 14.6 Å². The summed E-state index contributed by atoms with van der Waals surface area (Å²) in [4.78, 5) is 26.1. The molecule has 0 spiro atoms. The van der Waals surface area contributed by atoms with Gasteiger partial charge in [-0.05, 0) is 48.0 Å². The van der Waals surface area contributed by atoms with E-state index in [-0.39, 0.29) is 22.9 Å². The largest absolute Gasteiger partial charge is 0.505 e. The highest BCUT2D eigenvalue weighted by Gasteiger charge is 2.38. The van der Waals surface area contributed by atoms with Gasteiger partial charge in [0, 0.05) is 16.8 Å². The minimum absolute atomic E-state index is 0.0970. The molecule has 8 heteroatoms. The van der Waals surface area contributed by atoms with Gasteiger partial charge >= 0.3 is 5.97 Å². The van der Waals surface area contributed by atoms with Crippen LogP contribution in [0, 0.1) is 5.82 Å². The molecule has 1 heterocycles. The van der Waals surface area contributed by atoms with Crippen molar-refractivity contribution in [2.24, 2.45) is 0 Å². The molecule has 0 saturated carbocycles. The Labute approximate surface area is 200 Å². The summed E-state index contributed by atoms with van der Waals surface area (Å²) in [6, 6.07) is 23.5. The third kappa shape index (κ3) is 4.07. The number of amides is 1. The number of hydrogen-bond donors (Lipinski definition) is 4. The van der Waals surface area contributed by atoms with Crippen LogP contribution in [-0.2, 0) is 4.79 Å². The highest BCUT2D eigenvalue weighted by molar-refractivity contribution is 6.10. The minimum Gasteiger partial charge on any atom is -0.505 e. The second kappa shape index (κ2) is 8.92. The number of benzene rings is 4. The van der Waals surface area contributed by atoms with Gasteiger partial charge in [0.1, 0.15) is 17.6 Å². The summed E-state index contributed by atoms with van der Waals surface area (Å²) in [6.07, 6.45) is 0. The van der Waals surface area contributed by atoms with E-state index in [0.717, 1.165) is 0 Å². The average Bonchev–Trinajstić information content (AvgIpc) is 3.14. The number of anilines is 3. The van der Waals surface area contributed by atoms with Crippen molar-refractivity contribution in [3.05, 3.63) is 108 Å². The van der Waals surface area contributed by atoms with Gasteiger partial charge in [0.2, 0.25) is 0 Å². The Morgan fingerprint density at radius 1 is 0.914 bits per heavy atom. The molecule has 1 atom stereocenters. The summed E-state index contributed by atoms with van der Waals surface area (Å²) in [5, 5.41) is 20.1. The molecule has 4 aromatic rings. The summed E-state index contributed by atoms with van der Waals surface area (Å²) in [7, 11) is 0. The fraction of sp³-hybridized carbons (Fsp3) is 0.0370. The predicted molar refractivity (Wildman–Crippen MR) is 130 cm³/mol. The number of hydrogen-bond acceptors (Lipinski definition) is 5. The van der Waals surface area contributed by atoms with Crippen molar-refractivity contribution < 1.29 is 24.2 Å². The maximum absolute atomic E-state index is 14.0. The number of halogens is 1. The Morgan fingerprint density at radius 3 is 2.46 bits per heavy atom. The number of nitrogens with zero attached hydrogens (tertiary/aromatic N) is 1. The van der Waals surface area contributed by atoms with E-state index in [9.17, 15) is 24.2 Å². The number of carbonyl (C=O) groups is 2. The second-order valence-electron chi connectivity index (χ2n) is 8.00. The molecular weight excluding hydrogens is 449 g/mol. The number of aromatic hydroxyl groups is 1. The molecule has 0 aliphatic carbocycles. The molecule has 0 aromatic heterocycles. The van der Waals surface area contributed by atoms with Crippen LogP contribution < -0.4 is 15.8 Å². The van der Waals surface area contributed by atoms with Crippen LogP contribution in [0.25, 0.3) is 11.1 Å². The van der Waals surface area contributed by atoms with Crippen molar-refractivity contribution in [2.45, 2.75) is 6.04 Å². The van der Waals surface area contributed by atoms with Gasteiger partial charge in [0.15, 0.2) is 0 Å². The van der Waals surface area contributed by atoms with Gasteiger partial charge in [-0.15, -0.1) is 0 Å². The Morgan fingerprint density at radius 2 is 1.69 bits per heavy atom. The SMILES string of the molecule is O=C(O)c1cccc(-c2cccc(NNC3C(=O)N(c4ccccc4)c4cc(F)ccc43)c2O)c1. The number of para-hydroxylation sites is 2. The number of nitrogens with one attached hydrogen (secondary N) is 2. The summed E-state index contributed by atoms with van der Waals surface area (Å²) in [5.41, 5.74) is 8.82. The first-order chi connectivity index (χ1) is 16.9. The Hall–Kier alpha value is -4.69. The summed E-state index contributed by atoms with van der Waals surface area (Å²) < 4.78 is 14.0. The van der Waals surface area contributed by atoms with E-state index >= 15 is 0 Å². The monoisotopic (exact) mass is 469 g/mol. The lowest BCUT2D eigenvalue weighted by Gasteiger charge is -2.19. The lowest BCUT2D eigenvalue weighted by molar-refractivity contribution is -0.119. The fourth-order valence-electron chi connectivity index (χ4n) is 4.17. The van der Waals surface area contributed by atoms with Crippen molar-refractivity contribution >= 4 is 28.9 Å². The molecule has 1 aliphatic heterocycles. The molecule has 0 fully saturated rings. The Balaban J connectivity index is 1.44. The lowest BCUT2D eigenvalue weighted by atomic mass is 10.0. The number of hydrazine groups is 1. The van der Waals surface area contributed by atoms with E-state index in [1.165, 1.54) is 29.2 Å². The molecule has 1 aliphatic rings. The first-order valence-electron chi connectivity index (χ1n) is 10.8. The van der Waals surface area contributed by atoms with Gasteiger partial charge in [-0.1, -0.05) is 48.5 Å². The molecule has 1 unspecified atom stereocenters. The van der Waals surface area contributed by atoms with Gasteiger partial charge < -0.3 is 15.6 Å². The summed E-state index contributed by atoms with van der Waals surface area (Å²) >= 11 is 0. The minimum atomic E-state index is -1.07. The predicted octanol–water partition coefficient (Wildman–Crippen LogP) is 5.23. The maximum atomic E-state index is 14.0. The van der Waals surface area contributed by atoms with Gasteiger partial charge in [-0.3, -0.25) is 9.69 Å². The topological polar surface area (TPSA) is 102 Å². The average molecular weight is 469 g/mol. The maximum Gasteiger partial charge on any atom is 0.335 e. The van der Waals surface area contributed by atoms with E-state index in [4.69, 9.17) is 0 Å². The summed E-state index contributed by atoms with van der Waals surface area (Å²) in [6.45, 7) is 0. The normalized spacial score (nSPS) is 14.6. The number of phenolic OH excluding ortho intramolecular Hbond substituents is 1. The standard InChI is InChI=1S/C27H20FN3O4/c28-18-12-13-21-23(15-18)31(19-8-2-1-3-9-19)26(33)24(21)30-29-22-11-5-10-20(25(22)32)16-6-4-7-17(14-16)27(34)35/h1-15,24,29-30,32H,(H,34,35). The molecule has 4 aromatic carbocycles. The molecule has 0 saturated heterocycles. The quantitative estimate of drug-likeness (QED) is 0.228. The van der Waals surface area contributed by atoms with Crippen LogP contribution in [0.3, 0.4) is 0 Å². The van der Waals surface area contributed by atoms with E-state index in [1.807, 2.05) is 6.07 Å². The molecule has 174 valence electrons. The molecule has 7 nitrogen and oxygen atoms in total. The van der Waals surface area contributed by atoms with Crippen molar-refractivity contribution in [3.63, 3.8) is 0 Å². The second-order valence-corrected chi connectivity index (χ2v) is 8.00. The molecule has 5 rings (SSSR count). The van der Waals surface area contributed by atoms with E-state index in [1.54, 1.807) is 60.7 Å².